The Hall–Kier alpha value is -6.64. The van der Waals surface area contributed by atoms with Crippen LogP contribution in [0.2, 0.25) is 0 Å². The van der Waals surface area contributed by atoms with Crippen molar-refractivity contribution in [3.05, 3.63) is 205 Å². The van der Waals surface area contributed by atoms with E-state index in [1.807, 2.05) is 0 Å². The standard InChI is InChI=1S/C52H40N2/c1-35-21-27-41(30-24-38-15-7-10-18-47(38)52(35,2)3)53-48-19-11-8-16-43(48)45-33-39(25-31-50(45)53)40-26-32-51-46(34-40)44-17-9-12-20-49(44)54(51)42-28-22-37(23-29-42)36-13-5-4-6-14-36/h4-23,25-34H,1,24H2,2-3H3/b27-21-,41-30+. The van der Waals surface area contributed by atoms with E-state index in [1.165, 1.54) is 77.0 Å². The Kier molecular flexibility index (Phi) is 7.42. The van der Waals surface area contributed by atoms with Crippen molar-refractivity contribution in [2.75, 3.05) is 0 Å². The van der Waals surface area contributed by atoms with Crippen LogP contribution in [0.15, 0.2) is 194 Å². The molecule has 0 spiro atoms. The zero-order chi connectivity index (χ0) is 36.4. The Morgan fingerprint density at radius 1 is 0.463 bits per heavy atom. The highest BCUT2D eigenvalue weighted by molar-refractivity contribution is 6.13. The summed E-state index contributed by atoms with van der Waals surface area (Å²) in [6.07, 6.45) is 7.70. The first-order valence-electron chi connectivity index (χ1n) is 18.8. The van der Waals surface area contributed by atoms with E-state index in [0.717, 1.165) is 23.4 Å². The molecule has 0 unspecified atom stereocenters. The lowest BCUT2D eigenvalue weighted by Crippen LogP contribution is -2.20. The van der Waals surface area contributed by atoms with Gasteiger partial charge in [0.05, 0.1) is 22.1 Å². The summed E-state index contributed by atoms with van der Waals surface area (Å²) in [5.41, 5.74) is 15.6. The fourth-order valence-electron chi connectivity index (χ4n) is 8.62. The summed E-state index contributed by atoms with van der Waals surface area (Å²) in [6.45, 7) is 9.11. The minimum atomic E-state index is -0.160. The molecule has 0 aliphatic heterocycles. The number of nitrogens with zero attached hydrogens (tertiary/aromatic N) is 2. The van der Waals surface area contributed by atoms with Gasteiger partial charge in [0.15, 0.2) is 0 Å². The lowest BCUT2D eigenvalue weighted by molar-refractivity contribution is 0.635. The predicted molar refractivity (Wildman–Crippen MR) is 230 cm³/mol. The molecule has 1 aliphatic carbocycles. The first-order chi connectivity index (χ1) is 26.5. The van der Waals surface area contributed by atoms with E-state index in [0.29, 0.717) is 0 Å². The van der Waals surface area contributed by atoms with Gasteiger partial charge in [-0.15, -0.1) is 0 Å². The number of para-hydroxylation sites is 2. The predicted octanol–water partition coefficient (Wildman–Crippen LogP) is 13.7. The van der Waals surface area contributed by atoms with Gasteiger partial charge < -0.3 is 9.13 Å². The Bertz CT molecular complexity index is 2980. The summed E-state index contributed by atoms with van der Waals surface area (Å²) in [4.78, 5) is 0. The van der Waals surface area contributed by atoms with Crippen LogP contribution in [0.25, 0.3) is 77.2 Å². The molecule has 0 radical (unpaired) electrons. The molecular formula is C52H40N2. The molecule has 2 heterocycles. The van der Waals surface area contributed by atoms with Crippen molar-refractivity contribution >= 4 is 49.3 Å². The van der Waals surface area contributed by atoms with Crippen molar-refractivity contribution in [1.82, 2.24) is 9.13 Å². The SMILES string of the molecule is C=C1/C=C\C(n2c3ccccc3c3cc(-c4ccc5c(c4)c4ccccc4n5-c4ccc(-c5ccccc5)cc4)ccc32)=C/Cc2ccccc2C1(C)C. The van der Waals surface area contributed by atoms with Crippen LogP contribution in [0.3, 0.4) is 0 Å². The zero-order valence-electron chi connectivity index (χ0n) is 30.6. The van der Waals surface area contributed by atoms with Crippen molar-refractivity contribution in [3.8, 4) is 27.9 Å². The van der Waals surface area contributed by atoms with E-state index < -0.39 is 0 Å². The molecule has 0 N–H and O–H groups in total. The van der Waals surface area contributed by atoms with Crippen molar-refractivity contribution in [3.63, 3.8) is 0 Å². The van der Waals surface area contributed by atoms with E-state index in [4.69, 9.17) is 0 Å². The number of hydrogen-bond donors (Lipinski definition) is 0. The van der Waals surface area contributed by atoms with Crippen LogP contribution < -0.4 is 0 Å². The van der Waals surface area contributed by atoms with Crippen molar-refractivity contribution in [2.24, 2.45) is 0 Å². The molecule has 10 rings (SSSR count). The van der Waals surface area contributed by atoms with Gasteiger partial charge in [-0.2, -0.15) is 0 Å². The Morgan fingerprint density at radius 3 is 1.67 bits per heavy atom. The Morgan fingerprint density at radius 2 is 0.981 bits per heavy atom. The first-order valence-corrected chi connectivity index (χ1v) is 18.8. The summed E-state index contributed by atoms with van der Waals surface area (Å²) < 4.78 is 4.83. The molecule has 0 amide bonds. The molecule has 2 heteroatoms. The topological polar surface area (TPSA) is 9.86 Å². The van der Waals surface area contributed by atoms with Gasteiger partial charge >= 0.3 is 0 Å². The van der Waals surface area contributed by atoms with Crippen LogP contribution in [0.4, 0.5) is 0 Å². The second-order valence-corrected chi connectivity index (χ2v) is 15.1. The van der Waals surface area contributed by atoms with E-state index >= 15 is 0 Å². The van der Waals surface area contributed by atoms with Crippen LogP contribution in [-0.2, 0) is 11.8 Å². The van der Waals surface area contributed by atoms with Gasteiger partial charge in [0.1, 0.15) is 0 Å². The molecule has 0 saturated heterocycles. The molecule has 2 aromatic heterocycles. The summed E-state index contributed by atoms with van der Waals surface area (Å²) in [5, 5.41) is 5.00. The maximum absolute atomic E-state index is 4.54. The normalized spacial score (nSPS) is 15.8. The third kappa shape index (κ3) is 5.09. The molecule has 258 valence electrons. The summed E-state index contributed by atoms with van der Waals surface area (Å²) >= 11 is 0. The fraction of sp³-hybridized carbons (Fsp3) is 0.0769. The summed E-state index contributed by atoms with van der Waals surface area (Å²) in [7, 11) is 0. The number of allylic oxidation sites excluding steroid dienone is 5. The van der Waals surface area contributed by atoms with Gasteiger partial charge in [0.25, 0.3) is 0 Å². The molecule has 7 aromatic carbocycles. The van der Waals surface area contributed by atoms with E-state index in [2.05, 4.69) is 212 Å². The molecule has 1 aliphatic rings. The minimum absolute atomic E-state index is 0.160. The molecule has 0 atom stereocenters. The number of fused-ring (bicyclic) bond motifs is 7. The summed E-state index contributed by atoms with van der Waals surface area (Å²) in [5.74, 6) is 0. The average Bonchev–Trinajstić information content (AvgIpc) is 3.74. The third-order valence-corrected chi connectivity index (χ3v) is 11.6. The molecule has 2 nitrogen and oxygen atoms in total. The third-order valence-electron chi connectivity index (χ3n) is 11.6. The van der Waals surface area contributed by atoms with E-state index in [-0.39, 0.29) is 5.41 Å². The molecular weight excluding hydrogens is 653 g/mol. The van der Waals surface area contributed by atoms with Gasteiger partial charge in [-0.3, -0.25) is 0 Å². The molecule has 54 heavy (non-hydrogen) atoms. The van der Waals surface area contributed by atoms with Crippen LogP contribution in [-0.4, -0.2) is 9.13 Å². The highest BCUT2D eigenvalue weighted by Crippen LogP contribution is 2.40. The van der Waals surface area contributed by atoms with Crippen LogP contribution in [0.1, 0.15) is 25.0 Å². The lowest BCUT2D eigenvalue weighted by Gasteiger charge is -2.28. The molecule has 0 saturated carbocycles. The van der Waals surface area contributed by atoms with Gasteiger partial charge in [0.2, 0.25) is 0 Å². The van der Waals surface area contributed by atoms with Crippen molar-refractivity contribution in [2.45, 2.75) is 25.7 Å². The quantitative estimate of drug-likeness (QED) is 0.174. The van der Waals surface area contributed by atoms with E-state index in [9.17, 15) is 0 Å². The van der Waals surface area contributed by atoms with Crippen LogP contribution in [0.5, 0.6) is 0 Å². The minimum Gasteiger partial charge on any atom is -0.310 e. The van der Waals surface area contributed by atoms with Crippen molar-refractivity contribution in [1.29, 1.82) is 0 Å². The Balaban J connectivity index is 1.09. The number of rotatable bonds is 4. The van der Waals surface area contributed by atoms with Crippen LogP contribution in [0, 0.1) is 0 Å². The van der Waals surface area contributed by atoms with Crippen LogP contribution >= 0.6 is 0 Å². The highest BCUT2D eigenvalue weighted by Gasteiger charge is 2.26. The Labute approximate surface area is 316 Å². The number of benzene rings is 7. The van der Waals surface area contributed by atoms with Gasteiger partial charge in [0, 0.05) is 38.3 Å². The maximum Gasteiger partial charge on any atom is 0.0541 e. The summed E-state index contributed by atoms with van der Waals surface area (Å²) in [6, 6.07) is 59.8. The zero-order valence-corrected chi connectivity index (χ0v) is 30.6. The van der Waals surface area contributed by atoms with Gasteiger partial charge in [-0.25, -0.2) is 0 Å². The van der Waals surface area contributed by atoms with E-state index in [1.54, 1.807) is 0 Å². The van der Waals surface area contributed by atoms with Crippen molar-refractivity contribution < 1.29 is 0 Å². The molecule has 0 bridgehead atoms. The smallest absolute Gasteiger partial charge is 0.0541 e. The van der Waals surface area contributed by atoms with Gasteiger partial charge in [-0.1, -0.05) is 148 Å². The second-order valence-electron chi connectivity index (χ2n) is 15.1. The highest BCUT2D eigenvalue weighted by atomic mass is 15.0. The largest absolute Gasteiger partial charge is 0.310 e. The fourth-order valence-corrected chi connectivity index (χ4v) is 8.62. The second kappa shape index (κ2) is 12.5. The maximum atomic E-state index is 4.54. The average molecular weight is 693 g/mol. The number of hydrogen-bond acceptors (Lipinski definition) is 0. The molecule has 0 fully saturated rings. The first kappa shape index (κ1) is 32.0. The lowest BCUT2D eigenvalue weighted by atomic mass is 9.76. The number of aromatic nitrogens is 2. The van der Waals surface area contributed by atoms with Gasteiger partial charge in [-0.05, 0) is 100.0 Å². The monoisotopic (exact) mass is 692 g/mol. The molecule has 9 aromatic rings.